The molecule has 1 unspecified atom stereocenters. The predicted octanol–water partition coefficient (Wildman–Crippen LogP) is 2.62. The first kappa shape index (κ1) is 22.8. The Morgan fingerprint density at radius 3 is 2.43 bits per heavy atom. The van der Waals surface area contributed by atoms with E-state index in [0.29, 0.717) is 18.7 Å². The number of carbonyl (C=O) groups is 2. The molecule has 1 aliphatic rings. The number of ether oxygens (including phenoxy) is 1. The van der Waals surface area contributed by atoms with Crippen LogP contribution in [0.4, 0.5) is 4.79 Å². The van der Waals surface area contributed by atoms with E-state index >= 15 is 0 Å². The number of halogens is 2. The van der Waals surface area contributed by atoms with Gasteiger partial charge in [-0.15, -0.1) is 11.6 Å². The molecule has 28 heavy (non-hydrogen) atoms. The lowest BCUT2D eigenvalue weighted by Gasteiger charge is -2.37. The van der Waals surface area contributed by atoms with Crippen LogP contribution in [0.2, 0.25) is 0 Å². The van der Waals surface area contributed by atoms with Crippen LogP contribution in [0.15, 0.2) is 24.3 Å². The summed E-state index contributed by atoms with van der Waals surface area (Å²) < 4.78 is 4.25. The maximum Gasteiger partial charge on any atom is 0.407 e. The number of amides is 2. The molecule has 9 heteroatoms. The molecule has 1 saturated heterocycles. The van der Waals surface area contributed by atoms with Crippen LogP contribution in [0.5, 0.6) is 5.75 Å². The molecule has 1 aromatic rings. The van der Waals surface area contributed by atoms with Gasteiger partial charge in [-0.05, 0) is 43.4 Å². The summed E-state index contributed by atoms with van der Waals surface area (Å²) in [5, 5.41) is 22.5. The van der Waals surface area contributed by atoms with Gasteiger partial charge in [0, 0.05) is 25.5 Å². The van der Waals surface area contributed by atoms with Crippen molar-refractivity contribution >= 4 is 39.5 Å². The number of aliphatic hydroxyl groups is 1. The normalized spacial score (nSPS) is 18.2. The zero-order valence-electron chi connectivity index (χ0n) is 15.8. The summed E-state index contributed by atoms with van der Waals surface area (Å²) in [4.78, 5) is 25.1. The molecule has 1 aliphatic heterocycles. The van der Waals surface area contributed by atoms with Gasteiger partial charge in [-0.2, -0.15) is 0 Å². The van der Waals surface area contributed by atoms with Crippen molar-refractivity contribution in [1.29, 1.82) is 0 Å². The fourth-order valence-corrected chi connectivity index (χ4v) is 4.41. The van der Waals surface area contributed by atoms with Gasteiger partial charge in [-0.1, -0.05) is 28.1 Å². The van der Waals surface area contributed by atoms with Crippen molar-refractivity contribution in [1.82, 2.24) is 10.2 Å². The van der Waals surface area contributed by atoms with Gasteiger partial charge >= 0.3 is 6.09 Å². The van der Waals surface area contributed by atoms with Gasteiger partial charge < -0.3 is 25.2 Å². The molecule has 0 saturated carbocycles. The molecule has 1 fully saturated rings. The Kier molecular flexibility index (Phi) is 7.97. The molecule has 0 spiro atoms. The smallest absolute Gasteiger partial charge is 0.407 e. The minimum absolute atomic E-state index is 0.0670. The molecule has 2 amide bonds. The van der Waals surface area contributed by atoms with E-state index in [-0.39, 0.29) is 38.4 Å². The summed E-state index contributed by atoms with van der Waals surface area (Å²) >= 11 is 9.48. The van der Waals surface area contributed by atoms with Crippen LogP contribution in [0.1, 0.15) is 24.8 Å². The Morgan fingerprint density at radius 1 is 1.32 bits per heavy atom. The summed E-state index contributed by atoms with van der Waals surface area (Å²) in [5.74, 6) is 0.783. The first-order valence-corrected chi connectivity index (χ1v) is 10.4. The first-order chi connectivity index (χ1) is 13.2. The Morgan fingerprint density at radius 2 is 1.93 bits per heavy atom. The lowest BCUT2D eigenvalue weighted by molar-refractivity contribution is -0.125. The van der Waals surface area contributed by atoms with Gasteiger partial charge in [0.25, 0.3) is 0 Å². The molecule has 0 aliphatic carbocycles. The third-order valence-corrected chi connectivity index (χ3v) is 6.31. The molecular formula is C19H26BrClN2O5. The minimum Gasteiger partial charge on any atom is -0.497 e. The number of nitrogens with zero attached hydrogens (tertiary/aromatic N) is 1. The average molecular weight is 478 g/mol. The molecule has 3 N–H and O–H groups in total. The van der Waals surface area contributed by atoms with Crippen molar-refractivity contribution in [3.05, 3.63) is 29.8 Å². The van der Waals surface area contributed by atoms with Crippen molar-refractivity contribution < 1.29 is 24.5 Å². The number of methoxy groups -OCH3 is 1. The zero-order chi connectivity index (χ0) is 20.8. The van der Waals surface area contributed by atoms with E-state index in [1.54, 1.807) is 7.11 Å². The zero-order valence-corrected chi connectivity index (χ0v) is 18.1. The highest BCUT2D eigenvalue weighted by molar-refractivity contribution is 9.10. The van der Waals surface area contributed by atoms with Gasteiger partial charge in [0.2, 0.25) is 5.91 Å². The number of alkyl halides is 2. The molecule has 1 atom stereocenters. The van der Waals surface area contributed by atoms with Crippen molar-refractivity contribution in [2.45, 2.75) is 35.6 Å². The second-order valence-electron chi connectivity index (χ2n) is 7.11. The second-order valence-corrected chi connectivity index (χ2v) is 9.00. The molecule has 1 aromatic carbocycles. The Labute approximate surface area is 178 Å². The maximum absolute atomic E-state index is 12.9. The largest absolute Gasteiger partial charge is 0.497 e. The molecule has 0 radical (unpaired) electrons. The molecule has 156 valence electrons. The van der Waals surface area contributed by atoms with Crippen molar-refractivity contribution in [2.24, 2.45) is 0 Å². The van der Waals surface area contributed by atoms with E-state index < -0.39 is 16.0 Å². The maximum atomic E-state index is 12.9. The van der Waals surface area contributed by atoms with Crippen LogP contribution in [0.25, 0.3) is 0 Å². The van der Waals surface area contributed by atoms with Crippen molar-refractivity contribution in [3.8, 4) is 5.75 Å². The van der Waals surface area contributed by atoms with Crippen LogP contribution in [-0.2, 0) is 11.2 Å². The van der Waals surface area contributed by atoms with Crippen LogP contribution < -0.4 is 10.1 Å². The van der Waals surface area contributed by atoms with Crippen LogP contribution in [-0.4, -0.2) is 69.7 Å². The van der Waals surface area contributed by atoms with E-state index in [2.05, 4.69) is 21.2 Å². The highest BCUT2D eigenvalue weighted by atomic mass is 79.9. The van der Waals surface area contributed by atoms with Crippen molar-refractivity contribution in [2.75, 3.05) is 32.6 Å². The summed E-state index contributed by atoms with van der Waals surface area (Å²) in [6, 6.07) is 7.46. The number of carbonyl (C=O) groups excluding carboxylic acids is 1. The second kappa shape index (κ2) is 9.80. The molecule has 0 bridgehead atoms. The summed E-state index contributed by atoms with van der Waals surface area (Å²) in [5.41, 5.74) is -0.164. The minimum atomic E-state index is -1.11. The molecule has 2 rings (SSSR count). The molecule has 0 aromatic heterocycles. The number of carboxylic acid groups (broad SMARTS) is 1. The highest BCUT2D eigenvalue weighted by Gasteiger charge is 2.38. The fraction of sp³-hybridized carbons (Fsp3) is 0.579. The summed E-state index contributed by atoms with van der Waals surface area (Å²) in [6.45, 7) is 0.556. The number of piperidine rings is 1. The standard InChI is InChI=1S/C19H26BrClN2O5/c1-28-15-4-2-14(3-5-15)12-19(20,6-9-21)16(24)22-13-18(27)7-10-23(11-8-18)17(25)26/h2-5,27H,6-13H2,1H3,(H,22,24)(H,25,26). The van der Waals surface area contributed by atoms with Gasteiger partial charge in [-0.3, -0.25) is 4.79 Å². The topological polar surface area (TPSA) is 99.1 Å². The van der Waals surface area contributed by atoms with E-state index in [4.69, 9.17) is 21.4 Å². The van der Waals surface area contributed by atoms with Gasteiger partial charge in [0.05, 0.1) is 12.7 Å². The summed E-state index contributed by atoms with van der Waals surface area (Å²) in [7, 11) is 1.59. The van der Waals surface area contributed by atoms with Gasteiger partial charge in [0.15, 0.2) is 0 Å². The van der Waals surface area contributed by atoms with E-state index in [9.17, 15) is 14.7 Å². The Hall–Kier alpha value is -1.51. The molecule has 7 nitrogen and oxygen atoms in total. The number of rotatable bonds is 8. The Bertz CT molecular complexity index is 679. The third-order valence-electron chi connectivity index (χ3n) is 5.08. The number of nitrogens with one attached hydrogen (secondary N) is 1. The lowest BCUT2D eigenvalue weighted by Crippen LogP contribution is -2.54. The molecular weight excluding hydrogens is 452 g/mol. The number of hydrogen-bond acceptors (Lipinski definition) is 4. The number of likely N-dealkylation sites (tertiary alicyclic amines) is 1. The van der Waals surface area contributed by atoms with Crippen LogP contribution in [0, 0.1) is 0 Å². The predicted molar refractivity (Wildman–Crippen MR) is 110 cm³/mol. The quantitative estimate of drug-likeness (QED) is 0.500. The molecule has 1 heterocycles. The van der Waals surface area contributed by atoms with E-state index in [0.717, 1.165) is 11.3 Å². The first-order valence-electron chi connectivity index (χ1n) is 9.08. The average Bonchev–Trinajstić information content (AvgIpc) is 2.67. The van der Waals surface area contributed by atoms with E-state index in [1.807, 2.05) is 24.3 Å². The number of hydrogen-bond donors (Lipinski definition) is 3. The SMILES string of the molecule is COc1ccc(CC(Br)(CCCl)C(=O)NCC2(O)CCN(C(=O)O)CC2)cc1. The fourth-order valence-electron chi connectivity index (χ4n) is 3.19. The van der Waals surface area contributed by atoms with Crippen LogP contribution >= 0.6 is 27.5 Å². The Balaban J connectivity index is 1.98. The lowest BCUT2D eigenvalue weighted by atomic mass is 9.90. The van der Waals surface area contributed by atoms with Crippen molar-refractivity contribution in [3.63, 3.8) is 0 Å². The summed E-state index contributed by atoms with van der Waals surface area (Å²) in [6.07, 6.45) is 0.413. The van der Waals surface area contributed by atoms with E-state index in [1.165, 1.54) is 4.90 Å². The third kappa shape index (κ3) is 5.99. The highest BCUT2D eigenvalue weighted by Crippen LogP contribution is 2.30. The van der Waals surface area contributed by atoms with Gasteiger partial charge in [0.1, 0.15) is 10.1 Å². The number of benzene rings is 1. The monoisotopic (exact) mass is 476 g/mol. The van der Waals surface area contributed by atoms with Crippen LogP contribution in [0.3, 0.4) is 0 Å². The van der Waals surface area contributed by atoms with Gasteiger partial charge in [-0.25, -0.2) is 4.79 Å².